The Bertz CT molecular complexity index is 346. The number of nitriles is 1. The van der Waals surface area contributed by atoms with Gasteiger partial charge < -0.3 is 10.5 Å². The van der Waals surface area contributed by atoms with Crippen molar-refractivity contribution in [3.05, 3.63) is 29.6 Å². The summed E-state index contributed by atoms with van der Waals surface area (Å²) in [7, 11) is 1.45. The summed E-state index contributed by atoms with van der Waals surface area (Å²) in [4.78, 5) is 0. The van der Waals surface area contributed by atoms with Crippen LogP contribution in [0.25, 0.3) is 0 Å². The summed E-state index contributed by atoms with van der Waals surface area (Å²) in [6.45, 7) is 0. The molecule has 0 aliphatic rings. The minimum Gasteiger partial charge on any atom is -0.496 e. The van der Waals surface area contributed by atoms with Crippen molar-refractivity contribution in [2.24, 2.45) is 5.73 Å². The number of halogens is 1. The predicted octanol–water partition coefficient (Wildman–Crippen LogP) is 1.36. The van der Waals surface area contributed by atoms with Gasteiger partial charge in [0.1, 0.15) is 17.6 Å². The second-order valence-corrected chi connectivity index (χ2v) is 2.49. The molecule has 1 rings (SSSR count). The average Bonchev–Trinajstić information content (AvgIpc) is 2.16. The van der Waals surface area contributed by atoms with Crippen LogP contribution in [0.15, 0.2) is 18.2 Å². The third-order valence-corrected chi connectivity index (χ3v) is 1.67. The second kappa shape index (κ2) is 3.87. The van der Waals surface area contributed by atoms with Crippen LogP contribution >= 0.6 is 0 Å². The van der Waals surface area contributed by atoms with Crippen LogP contribution in [0.4, 0.5) is 4.39 Å². The van der Waals surface area contributed by atoms with Gasteiger partial charge in [-0.05, 0) is 18.2 Å². The van der Waals surface area contributed by atoms with E-state index >= 15 is 0 Å². The number of hydrogen-bond acceptors (Lipinski definition) is 3. The Morgan fingerprint density at radius 3 is 2.85 bits per heavy atom. The summed E-state index contributed by atoms with van der Waals surface area (Å²) in [5.41, 5.74) is 5.80. The maximum Gasteiger partial charge on any atom is 0.124 e. The van der Waals surface area contributed by atoms with E-state index in [1.807, 2.05) is 6.07 Å². The van der Waals surface area contributed by atoms with Gasteiger partial charge in [-0.3, -0.25) is 0 Å². The maximum absolute atomic E-state index is 12.8. The smallest absolute Gasteiger partial charge is 0.124 e. The molecule has 0 radical (unpaired) electrons. The van der Waals surface area contributed by atoms with Crippen molar-refractivity contribution in [2.75, 3.05) is 7.11 Å². The quantitative estimate of drug-likeness (QED) is 0.747. The largest absolute Gasteiger partial charge is 0.496 e. The molecule has 4 heteroatoms. The minimum atomic E-state index is -0.856. The number of nitrogens with zero attached hydrogens (tertiary/aromatic N) is 1. The fourth-order valence-corrected chi connectivity index (χ4v) is 1.02. The number of nitrogens with two attached hydrogens (primary N) is 1. The van der Waals surface area contributed by atoms with Crippen LogP contribution < -0.4 is 10.5 Å². The third kappa shape index (κ3) is 1.95. The highest BCUT2D eigenvalue weighted by atomic mass is 19.1. The van der Waals surface area contributed by atoms with Gasteiger partial charge in [0, 0.05) is 5.56 Å². The lowest BCUT2D eigenvalue weighted by Crippen LogP contribution is -2.09. The number of rotatable bonds is 2. The number of hydrogen-bond donors (Lipinski definition) is 1. The van der Waals surface area contributed by atoms with Crippen LogP contribution in [-0.4, -0.2) is 7.11 Å². The predicted molar refractivity (Wildman–Crippen MR) is 45.5 cm³/mol. The fraction of sp³-hybridized carbons (Fsp3) is 0.222. The normalized spacial score (nSPS) is 11.8. The molecule has 1 unspecified atom stereocenters. The first-order valence-corrected chi connectivity index (χ1v) is 3.67. The molecule has 0 amide bonds. The van der Waals surface area contributed by atoms with Crippen LogP contribution in [-0.2, 0) is 0 Å². The topological polar surface area (TPSA) is 59.0 Å². The van der Waals surface area contributed by atoms with Gasteiger partial charge >= 0.3 is 0 Å². The molecule has 0 aliphatic carbocycles. The summed E-state index contributed by atoms with van der Waals surface area (Å²) < 4.78 is 17.7. The molecule has 0 bridgehead atoms. The standard InChI is InChI=1S/C9H9FN2O/c1-13-9-3-2-6(10)4-7(9)8(12)5-11/h2-4,8H,12H2,1H3. The van der Waals surface area contributed by atoms with Gasteiger partial charge in [0.05, 0.1) is 13.2 Å². The summed E-state index contributed by atoms with van der Waals surface area (Å²) in [5, 5.41) is 8.55. The van der Waals surface area contributed by atoms with E-state index in [0.29, 0.717) is 11.3 Å². The molecule has 0 saturated heterocycles. The number of methoxy groups -OCH3 is 1. The van der Waals surface area contributed by atoms with Crippen molar-refractivity contribution in [3.8, 4) is 11.8 Å². The van der Waals surface area contributed by atoms with E-state index < -0.39 is 11.9 Å². The Morgan fingerprint density at radius 1 is 1.62 bits per heavy atom. The van der Waals surface area contributed by atoms with Crippen molar-refractivity contribution in [1.82, 2.24) is 0 Å². The molecule has 68 valence electrons. The lowest BCUT2D eigenvalue weighted by molar-refractivity contribution is 0.407. The Balaban J connectivity index is 3.17. The summed E-state index contributed by atoms with van der Waals surface area (Å²) in [6, 6.07) is 4.86. The molecule has 1 aromatic carbocycles. The zero-order valence-corrected chi connectivity index (χ0v) is 7.12. The highest BCUT2D eigenvalue weighted by molar-refractivity contribution is 5.38. The summed E-state index contributed by atoms with van der Waals surface area (Å²) >= 11 is 0. The van der Waals surface area contributed by atoms with E-state index in [-0.39, 0.29) is 0 Å². The SMILES string of the molecule is COc1ccc(F)cc1C(N)C#N. The first-order valence-electron chi connectivity index (χ1n) is 3.67. The van der Waals surface area contributed by atoms with Crippen molar-refractivity contribution in [3.63, 3.8) is 0 Å². The first kappa shape index (κ1) is 9.49. The van der Waals surface area contributed by atoms with Gasteiger partial charge in [-0.1, -0.05) is 0 Å². The number of ether oxygens (including phenoxy) is 1. The molecule has 0 aliphatic heterocycles. The highest BCUT2D eigenvalue weighted by Gasteiger charge is 2.11. The van der Waals surface area contributed by atoms with Gasteiger partial charge in [0.2, 0.25) is 0 Å². The van der Waals surface area contributed by atoms with E-state index in [4.69, 9.17) is 15.7 Å². The molecule has 0 fully saturated rings. The molecule has 0 heterocycles. The van der Waals surface area contributed by atoms with Gasteiger partial charge in [0.25, 0.3) is 0 Å². The lowest BCUT2D eigenvalue weighted by atomic mass is 10.1. The van der Waals surface area contributed by atoms with Crippen LogP contribution in [0, 0.1) is 17.1 Å². The van der Waals surface area contributed by atoms with E-state index in [9.17, 15) is 4.39 Å². The number of benzene rings is 1. The van der Waals surface area contributed by atoms with E-state index in [1.165, 1.54) is 25.3 Å². The summed E-state index contributed by atoms with van der Waals surface area (Å²) in [6.07, 6.45) is 0. The second-order valence-electron chi connectivity index (χ2n) is 2.49. The van der Waals surface area contributed by atoms with Crippen molar-refractivity contribution in [2.45, 2.75) is 6.04 Å². The molecule has 1 atom stereocenters. The highest BCUT2D eigenvalue weighted by Crippen LogP contribution is 2.23. The van der Waals surface area contributed by atoms with E-state index in [0.717, 1.165) is 0 Å². The van der Waals surface area contributed by atoms with Gasteiger partial charge in [0.15, 0.2) is 0 Å². The van der Waals surface area contributed by atoms with Crippen LogP contribution in [0.1, 0.15) is 11.6 Å². The van der Waals surface area contributed by atoms with E-state index in [1.54, 1.807) is 0 Å². The van der Waals surface area contributed by atoms with Crippen molar-refractivity contribution < 1.29 is 9.13 Å². The minimum absolute atomic E-state index is 0.366. The Labute approximate surface area is 75.5 Å². The molecule has 0 spiro atoms. The van der Waals surface area contributed by atoms with Crippen molar-refractivity contribution >= 4 is 0 Å². The van der Waals surface area contributed by atoms with Crippen molar-refractivity contribution in [1.29, 1.82) is 5.26 Å². The maximum atomic E-state index is 12.8. The lowest BCUT2D eigenvalue weighted by Gasteiger charge is -2.09. The van der Waals surface area contributed by atoms with Gasteiger partial charge in [-0.2, -0.15) is 5.26 Å². The molecule has 2 N–H and O–H groups in total. The van der Waals surface area contributed by atoms with Gasteiger partial charge in [-0.25, -0.2) is 4.39 Å². The average molecular weight is 180 g/mol. The molecular weight excluding hydrogens is 171 g/mol. The Hall–Kier alpha value is -1.60. The molecule has 0 saturated carbocycles. The molecule has 0 aromatic heterocycles. The Morgan fingerprint density at radius 2 is 2.31 bits per heavy atom. The van der Waals surface area contributed by atoms with E-state index in [2.05, 4.69) is 0 Å². The molecular formula is C9H9FN2O. The molecule has 13 heavy (non-hydrogen) atoms. The van der Waals surface area contributed by atoms with Crippen LogP contribution in [0.5, 0.6) is 5.75 Å². The molecule has 1 aromatic rings. The third-order valence-electron chi connectivity index (χ3n) is 1.67. The Kier molecular flexibility index (Phi) is 2.83. The molecule has 3 nitrogen and oxygen atoms in total. The van der Waals surface area contributed by atoms with Crippen LogP contribution in [0.3, 0.4) is 0 Å². The first-order chi connectivity index (χ1) is 6.19. The zero-order valence-electron chi connectivity index (χ0n) is 7.12. The zero-order chi connectivity index (χ0) is 9.84. The monoisotopic (exact) mass is 180 g/mol. The van der Waals surface area contributed by atoms with Gasteiger partial charge in [-0.15, -0.1) is 0 Å². The summed E-state index contributed by atoms with van der Waals surface area (Å²) in [5.74, 6) is -0.00282. The fourth-order valence-electron chi connectivity index (χ4n) is 1.02. The van der Waals surface area contributed by atoms with Crippen LogP contribution in [0.2, 0.25) is 0 Å².